The van der Waals surface area contributed by atoms with E-state index in [-0.39, 0.29) is 11.7 Å². The van der Waals surface area contributed by atoms with Gasteiger partial charge in [-0.25, -0.2) is 0 Å². The van der Waals surface area contributed by atoms with Crippen LogP contribution in [0.3, 0.4) is 0 Å². The number of piperidine rings is 1. The summed E-state index contributed by atoms with van der Waals surface area (Å²) >= 11 is 0. The van der Waals surface area contributed by atoms with Crippen molar-refractivity contribution in [1.29, 1.82) is 0 Å². The number of nitrogens with two attached hydrogens (primary N) is 1. The molecule has 2 heteroatoms. The first-order chi connectivity index (χ1) is 9.33. The molecule has 3 rings (SSSR count). The van der Waals surface area contributed by atoms with Gasteiger partial charge in [0.15, 0.2) is 0 Å². The second kappa shape index (κ2) is 5.64. The molecule has 1 unspecified atom stereocenters. The van der Waals surface area contributed by atoms with Crippen molar-refractivity contribution in [2.24, 2.45) is 5.73 Å². The first-order valence-electron chi connectivity index (χ1n) is 7.91. The summed E-state index contributed by atoms with van der Waals surface area (Å²) in [5.74, 6) is 0. The largest absolute Gasteiger partial charge is 0.316 e. The van der Waals surface area contributed by atoms with Crippen LogP contribution in [0.1, 0.15) is 56.9 Å². The highest BCUT2D eigenvalue weighted by molar-refractivity contribution is 5.26. The predicted octanol–water partition coefficient (Wildman–Crippen LogP) is 3.62. The Morgan fingerprint density at radius 1 is 0.947 bits per heavy atom. The van der Waals surface area contributed by atoms with E-state index in [1.54, 1.807) is 0 Å². The lowest BCUT2D eigenvalue weighted by molar-refractivity contribution is -0.0103. The number of benzene rings is 1. The summed E-state index contributed by atoms with van der Waals surface area (Å²) in [4.78, 5) is 2.63. The van der Waals surface area contributed by atoms with Gasteiger partial charge in [-0.15, -0.1) is 0 Å². The standard InChI is InChI=1S/C17H26N2/c18-16-11-5-8-14-19(16)17(12-6-2-7-13-17)15-9-3-1-4-10-15/h1,3-4,9-10,16H,2,5-8,11-14,18H2. The van der Waals surface area contributed by atoms with E-state index >= 15 is 0 Å². The van der Waals surface area contributed by atoms with Crippen LogP contribution < -0.4 is 5.73 Å². The summed E-state index contributed by atoms with van der Waals surface area (Å²) in [5.41, 5.74) is 8.17. The summed E-state index contributed by atoms with van der Waals surface area (Å²) in [5, 5.41) is 0. The molecule has 1 aromatic carbocycles. The van der Waals surface area contributed by atoms with E-state index < -0.39 is 0 Å². The Kier molecular flexibility index (Phi) is 3.90. The monoisotopic (exact) mass is 258 g/mol. The minimum atomic E-state index is 0.222. The molecule has 2 N–H and O–H groups in total. The van der Waals surface area contributed by atoms with Gasteiger partial charge in [-0.05, 0) is 37.7 Å². The molecule has 1 aliphatic heterocycles. The quantitative estimate of drug-likeness (QED) is 0.878. The Hall–Kier alpha value is -0.860. The van der Waals surface area contributed by atoms with Gasteiger partial charge in [0.25, 0.3) is 0 Å². The van der Waals surface area contributed by atoms with E-state index in [4.69, 9.17) is 5.73 Å². The van der Waals surface area contributed by atoms with Crippen molar-refractivity contribution in [3.05, 3.63) is 35.9 Å². The Bertz CT molecular complexity index is 395. The van der Waals surface area contributed by atoms with Crippen LogP contribution in [0.25, 0.3) is 0 Å². The molecular weight excluding hydrogens is 232 g/mol. The van der Waals surface area contributed by atoms with Gasteiger partial charge < -0.3 is 5.73 Å². The smallest absolute Gasteiger partial charge is 0.0579 e. The molecule has 1 heterocycles. The Balaban J connectivity index is 1.96. The van der Waals surface area contributed by atoms with Crippen LogP contribution in [-0.2, 0) is 5.54 Å². The van der Waals surface area contributed by atoms with Gasteiger partial charge in [-0.3, -0.25) is 4.90 Å². The summed E-state index contributed by atoms with van der Waals surface area (Å²) in [7, 11) is 0. The average Bonchev–Trinajstić information content (AvgIpc) is 2.49. The van der Waals surface area contributed by atoms with E-state index in [1.807, 2.05) is 0 Å². The molecule has 2 aliphatic rings. The minimum Gasteiger partial charge on any atom is -0.316 e. The van der Waals surface area contributed by atoms with Crippen LogP contribution in [0.2, 0.25) is 0 Å². The average molecular weight is 258 g/mol. The maximum atomic E-state index is 6.46. The molecule has 0 spiro atoms. The zero-order valence-corrected chi connectivity index (χ0v) is 11.9. The van der Waals surface area contributed by atoms with Crippen molar-refractivity contribution in [1.82, 2.24) is 4.90 Å². The molecule has 19 heavy (non-hydrogen) atoms. The Morgan fingerprint density at radius 3 is 2.37 bits per heavy atom. The van der Waals surface area contributed by atoms with E-state index in [1.165, 1.54) is 57.1 Å². The second-order valence-electron chi connectivity index (χ2n) is 6.21. The van der Waals surface area contributed by atoms with Crippen LogP contribution in [0.15, 0.2) is 30.3 Å². The van der Waals surface area contributed by atoms with E-state index in [0.717, 1.165) is 6.42 Å². The Morgan fingerprint density at radius 2 is 1.68 bits per heavy atom. The van der Waals surface area contributed by atoms with Crippen LogP contribution in [0, 0.1) is 0 Å². The minimum absolute atomic E-state index is 0.222. The van der Waals surface area contributed by atoms with Crippen LogP contribution in [0.5, 0.6) is 0 Å². The van der Waals surface area contributed by atoms with Crippen molar-refractivity contribution < 1.29 is 0 Å². The van der Waals surface area contributed by atoms with E-state index in [0.29, 0.717) is 0 Å². The van der Waals surface area contributed by atoms with Gasteiger partial charge in [0.1, 0.15) is 0 Å². The van der Waals surface area contributed by atoms with Gasteiger partial charge >= 0.3 is 0 Å². The number of hydrogen-bond donors (Lipinski definition) is 1. The van der Waals surface area contributed by atoms with Gasteiger partial charge in [-0.2, -0.15) is 0 Å². The number of rotatable bonds is 2. The van der Waals surface area contributed by atoms with Crippen molar-refractivity contribution in [2.75, 3.05) is 6.54 Å². The fourth-order valence-electron chi connectivity index (χ4n) is 4.12. The van der Waals surface area contributed by atoms with Crippen LogP contribution in [-0.4, -0.2) is 17.6 Å². The highest BCUT2D eigenvalue weighted by Gasteiger charge is 2.42. The zero-order valence-electron chi connectivity index (χ0n) is 11.9. The zero-order chi connectivity index (χ0) is 13.1. The third-order valence-corrected chi connectivity index (χ3v) is 5.09. The summed E-state index contributed by atoms with van der Waals surface area (Å²) in [6.45, 7) is 1.18. The summed E-state index contributed by atoms with van der Waals surface area (Å²) in [6.07, 6.45) is 10.7. The molecule has 1 atom stereocenters. The normalized spacial score (nSPS) is 28.2. The topological polar surface area (TPSA) is 29.3 Å². The van der Waals surface area contributed by atoms with Crippen molar-refractivity contribution in [2.45, 2.75) is 63.1 Å². The van der Waals surface area contributed by atoms with Gasteiger partial charge in [0, 0.05) is 12.1 Å². The maximum Gasteiger partial charge on any atom is 0.0579 e. The molecule has 1 saturated heterocycles. The molecular formula is C17H26N2. The van der Waals surface area contributed by atoms with Crippen LogP contribution in [0.4, 0.5) is 0 Å². The molecule has 104 valence electrons. The highest BCUT2D eigenvalue weighted by Crippen LogP contribution is 2.44. The lowest BCUT2D eigenvalue weighted by Gasteiger charge is -2.51. The van der Waals surface area contributed by atoms with Crippen molar-refractivity contribution in [3.8, 4) is 0 Å². The SMILES string of the molecule is NC1CCCCN1C1(c2ccccc2)CCCCC1. The third-order valence-electron chi connectivity index (χ3n) is 5.09. The number of likely N-dealkylation sites (tertiary alicyclic amines) is 1. The van der Waals surface area contributed by atoms with Gasteiger partial charge in [0.2, 0.25) is 0 Å². The lowest BCUT2D eigenvalue weighted by atomic mass is 9.74. The molecule has 0 aromatic heterocycles. The lowest BCUT2D eigenvalue weighted by Crippen LogP contribution is -2.57. The summed E-state index contributed by atoms with van der Waals surface area (Å²) < 4.78 is 0. The molecule has 2 fully saturated rings. The van der Waals surface area contributed by atoms with Gasteiger partial charge in [0.05, 0.1) is 6.17 Å². The van der Waals surface area contributed by atoms with Gasteiger partial charge in [-0.1, -0.05) is 49.6 Å². The molecule has 1 aromatic rings. The number of hydrogen-bond acceptors (Lipinski definition) is 2. The Labute approximate surface area is 117 Å². The third kappa shape index (κ3) is 2.44. The molecule has 0 radical (unpaired) electrons. The van der Waals surface area contributed by atoms with Crippen molar-refractivity contribution in [3.63, 3.8) is 0 Å². The van der Waals surface area contributed by atoms with E-state index in [9.17, 15) is 0 Å². The first kappa shape index (κ1) is 13.1. The van der Waals surface area contributed by atoms with Crippen LogP contribution >= 0.6 is 0 Å². The first-order valence-corrected chi connectivity index (χ1v) is 7.91. The number of nitrogens with zero attached hydrogens (tertiary/aromatic N) is 1. The summed E-state index contributed by atoms with van der Waals surface area (Å²) in [6, 6.07) is 11.1. The highest BCUT2D eigenvalue weighted by atomic mass is 15.3. The predicted molar refractivity (Wildman–Crippen MR) is 79.7 cm³/mol. The molecule has 2 nitrogen and oxygen atoms in total. The fraction of sp³-hybridized carbons (Fsp3) is 0.647. The maximum absolute atomic E-state index is 6.46. The molecule has 0 bridgehead atoms. The van der Waals surface area contributed by atoms with Crippen molar-refractivity contribution >= 4 is 0 Å². The second-order valence-corrected chi connectivity index (χ2v) is 6.21. The molecule has 1 saturated carbocycles. The fourth-order valence-corrected chi connectivity index (χ4v) is 4.12. The molecule has 1 aliphatic carbocycles. The van der Waals surface area contributed by atoms with E-state index in [2.05, 4.69) is 35.2 Å². The molecule has 0 amide bonds.